The summed E-state index contributed by atoms with van der Waals surface area (Å²) in [5, 5.41) is 34.7. The fourth-order valence-corrected chi connectivity index (χ4v) is 11.8. The van der Waals surface area contributed by atoms with Gasteiger partial charge in [-0.25, -0.2) is 8.42 Å². The highest BCUT2D eigenvalue weighted by Crippen LogP contribution is 2.71. The van der Waals surface area contributed by atoms with Gasteiger partial charge in [0.2, 0.25) is 10.4 Å². The van der Waals surface area contributed by atoms with Crippen molar-refractivity contribution in [3.8, 4) is 0 Å². The first kappa shape index (κ1) is 34.2. The molecule has 1 heterocycles. The van der Waals surface area contributed by atoms with Crippen molar-refractivity contribution in [2.45, 2.75) is 116 Å². The average molecular weight is 653 g/mol. The molecule has 14 heteroatoms. The van der Waals surface area contributed by atoms with Crippen LogP contribution in [0.25, 0.3) is 0 Å². The van der Waals surface area contributed by atoms with E-state index in [1.165, 1.54) is 0 Å². The van der Waals surface area contributed by atoms with Gasteiger partial charge in [-0.3, -0.25) is 8.75 Å². The highest BCUT2D eigenvalue weighted by atomic mass is 32.3. The molecule has 43 heavy (non-hydrogen) atoms. The van der Waals surface area contributed by atoms with Crippen molar-refractivity contribution >= 4 is 18.2 Å². The van der Waals surface area contributed by atoms with Crippen LogP contribution in [0.5, 0.6) is 0 Å². The van der Waals surface area contributed by atoms with Crippen LogP contribution >= 0.6 is 7.82 Å². The van der Waals surface area contributed by atoms with E-state index >= 15 is 0 Å². The molecule has 12 nitrogen and oxygen atoms in total. The Kier molecular flexibility index (Phi) is 9.14. The Morgan fingerprint density at radius 3 is 2.19 bits per heavy atom. The van der Waals surface area contributed by atoms with Crippen LogP contribution in [-0.4, -0.2) is 78.1 Å². The van der Waals surface area contributed by atoms with Gasteiger partial charge in [-0.05, 0) is 84.4 Å². The van der Waals surface area contributed by atoms with Crippen LogP contribution in [0.15, 0.2) is 0 Å². The maximum Gasteiger partial charge on any atom is 0.267 e. The fourth-order valence-electron chi connectivity index (χ4n) is 10.6. The normalized spacial score (nSPS) is 52.0. The molecule has 1 unspecified atom stereocenters. The van der Waals surface area contributed by atoms with Crippen LogP contribution in [0.4, 0.5) is 0 Å². The molecule has 5 rings (SSSR count). The number of ether oxygens (including phenoxy) is 1. The number of aliphatic hydroxyl groups is 3. The lowest BCUT2D eigenvalue weighted by Crippen LogP contribution is -2.68. The molecule has 0 amide bonds. The Bertz CT molecular complexity index is 1200. The van der Waals surface area contributed by atoms with Crippen LogP contribution in [0, 0.1) is 58.2 Å². The summed E-state index contributed by atoms with van der Waals surface area (Å²) < 4.78 is 69.1. The molecule has 1 aliphatic heterocycles. The van der Waals surface area contributed by atoms with Gasteiger partial charge in [0.25, 0.3) is 7.82 Å². The summed E-state index contributed by atoms with van der Waals surface area (Å²) in [6, 6.07) is 0. The van der Waals surface area contributed by atoms with E-state index < -0.39 is 83.4 Å². The Hall–Kier alpha value is -0.180. The zero-order chi connectivity index (χ0) is 32.0. The second-order valence-corrected chi connectivity index (χ2v) is 17.5. The van der Waals surface area contributed by atoms with Gasteiger partial charge in [0.1, 0.15) is 6.10 Å². The van der Waals surface area contributed by atoms with Crippen molar-refractivity contribution in [2.75, 3.05) is 7.11 Å². The molecular weight excluding hydrogens is 603 g/mol. The average Bonchev–Trinajstić information content (AvgIpc) is 3.15. The number of phosphoric acid groups is 1. The summed E-state index contributed by atoms with van der Waals surface area (Å²) in [5.74, 6) is -1.70. The third-order valence-corrected chi connectivity index (χ3v) is 14.2. The lowest BCUT2D eigenvalue weighted by atomic mass is 9.42. The van der Waals surface area contributed by atoms with Crippen LogP contribution in [0.3, 0.4) is 0 Å². The van der Waals surface area contributed by atoms with Crippen molar-refractivity contribution in [1.82, 2.24) is 0 Å². The fraction of sp³-hybridized carbons (Fsp3) is 1.00. The summed E-state index contributed by atoms with van der Waals surface area (Å²) in [6.45, 7) is 12.6. The predicted molar refractivity (Wildman–Crippen MR) is 151 cm³/mol. The topological polar surface area (TPSA) is 195 Å². The lowest BCUT2D eigenvalue weighted by molar-refractivity contribution is -0.260. The van der Waals surface area contributed by atoms with Gasteiger partial charge in [0.05, 0.1) is 36.6 Å². The van der Waals surface area contributed by atoms with Crippen LogP contribution in [-0.2, 0) is 32.9 Å². The van der Waals surface area contributed by atoms with Crippen molar-refractivity contribution in [3.63, 3.8) is 0 Å². The van der Waals surface area contributed by atoms with Gasteiger partial charge in [-0.1, -0.05) is 41.5 Å². The molecule has 0 aromatic rings. The first-order valence-electron chi connectivity index (χ1n) is 15.7. The smallest absolute Gasteiger partial charge is 0.267 e. The molecule has 5 fully saturated rings. The minimum Gasteiger partial charge on any atom is -0.756 e. The van der Waals surface area contributed by atoms with Gasteiger partial charge in [0, 0.05) is 13.0 Å². The quantitative estimate of drug-likeness (QED) is 0.206. The molecule has 3 N–H and O–H groups in total. The van der Waals surface area contributed by atoms with E-state index in [1.54, 1.807) is 0 Å². The Morgan fingerprint density at radius 1 is 0.977 bits per heavy atom. The first-order valence-corrected chi connectivity index (χ1v) is 18.5. The summed E-state index contributed by atoms with van der Waals surface area (Å²) in [7, 11) is -8.80. The number of hydrogen-bond acceptors (Lipinski definition) is 12. The molecule has 0 bridgehead atoms. The third-order valence-electron chi connectivity index (χ3n) is 12.8. The van der Waals surface area contributed by atoms with Crippen LogP contribution in [0.2, 0.25) is 0 Å². The molecule has 4 aliphatic carbocycles. The highest BCUT2D eigenvalue weighted by molar-refractivity contribution is 7.80. The molecule has 0 spiro atoms. The standard InChI is InChI=1S/C29H51O12PS/c1-13(2)15(4)18-12-14(3)20-26(39-18)27(40-42(33,34)38-7)21-19-16(8-10-29(20,21)6)28(5)11-9-17(41-43(35,36)37)23(30)22(28)25(32)24(19)31/h13-27,30-32H,8-12H2,1-7H3,(H,33,34)(H,35,36,37)/p-2/t14-,15+,16+,17-,18-,19-,20+,21-,22-,23+,24-,25+,26+,27+,28-,29-/m1/s1. The van der Waals surface area contributed by atoms with E-state index in [-0.39, 0.29) is 36.2 Å². The van der Waals surface area contributed by atoms with Gasteiger partial charge < -0.3 is 38.6 Å². The Morgan fingerprint density at radius 2 is 1.60 bits per heavy atom. The number of hydrogen-bond donors (Lipinski definition) is 3. The van der Waals surface area contributed by atoms with E-state index in [1.807, 2.05) is 6.92 Å². The maximum absolute atomic E-state index is 12.9. The zero-order valence-corrected chi connectivity index (χ0v) is 27.8. The minimum atomic E-state index is -5.10. The van der Waals surface area contributed by atoms with E-state index in [4.69, 9.17) is 13.8 Å². The second-order valence-electron chi connectivity index (χ2n) is 15.0. The van der Waals surface area contributed by atoms with Crippen molar-refractivity contribution < 1.29 is 55.7 Å². The molecule has 0 radical (unpaired) electrons. The number of rotatable bonds is 7. The van der Waals surface area contributed by atoms with Crippen molar-refractivity contribution in [2.24, 2.45) is 58.2 Å². The zero-order valence-electron chi connectivity index (χ0n) is 26.1. The second kappa shape index (κ2) is 11.5. The molecular formula is C29H49O12PS-2. The van der Waals surface area contributed by atoms with Crippen molar-refractivity contribution in [3.05, 3.63) is 0 Å². The first-order chi connectivity index (χ1) is 19.8. The Labute approximate surface area is 255 Å². The molecule has 5 aliphatic rings. The monoisotopic (exact) mass is 652 g/mol. The molecule has 0 aromatic heterocycles. The third kappa shape index (κ3) is 5.60. The molecule has 17 atom stereocenters. The predicted octanol–water partition coefficient (Wildman–Crippen LogP) is 2.21. The van der Waals surface area contributed by atoms with E-state index in [0.717, 1.165) is 13.5 Å². The summed E-state index contributed by atoms with van der Waals surface area (Å²) >= 11 is 0. The van der Waals surface area contributed by atoms with E-state index in [9.17, 15) is 37.7 Å². The molecule has 0 aromatic carbocycles. The van der Waals surface area contributed by atoms with E-state index in [0.29, 0.717) is 25.2 Å². The lowest BCUT2D eigenvalue weighted by Gasteiger charge is -2.64. The van der Waals surface area contributed by atoms with E-state index in [2.05, 4.69) is 38.8 Å². The Balaban J connectivity index is 1.56. The summed E-state index contributed by atoms with van der Waals surface area (Å²) in [6.07, 6.45) is -4.81. The summed E-state index contributed by atoms with van der Waals surface area (Å²) in [5.41, 5.74) is -1.26. The van der Waals surface area contributed by atoms with Gasteiger partial charge in [-0.2, -0.15) is 0 Å². The van der Waals surface area contributed by atoms with Gasteiger partial charge in [-0.15, -0.1) is 0 Å². The highest BCUT2D eigenvalue weighted by Gasteiger charge is 2.72. The summed E-state index contributed by atoms with van der Waals surface area (Å²) in [4.78, 5) is 12.9. The SMILES string of the molecule is COP(=O)([O-])O[C@@H]1[C@H]2O[C@@H]([C@@H](C)C(C)C)C[C@@H](C)[C@@H]2[C@@]2(C)CC[C@H]3[C@@H]([C@@H](O)[C@@H](O)[C@H]4[C@@H](O)[C@H](OS(=O)(=O)[O-])CC[C@@]43C)[C@H]12. The van der Waals surface area contributed by atoms with Gasteiger partial charge in [0.15, 0.2) is 0 Å². The van der Waals surface area contributed by atoms with Crippen molar-refractivity contribution in [1.29, 1.82) is 0 Å². The van der Waals surface area contributed by atoms with Gasteiger partial charge >= 0.3 is 0 Å². The minimum absolute atomic E-state index is 0.0669. The largest absolute Gasteiger partial charge is 0.756 e. The molecule has 250 valence electrons. The number of fused-ring (bicyclic) bond motifs is 7. The maximum atomic E-state index is 12.9. The number of phosphoric ester groups is 1. The molecule has 1 saturated heterocycles. The van der Waals surface area contributed by atoms with Crippen LogP contribution < -0.4 is 4.89 Å². The van der Waals surface area contributed by atoms with Crippen LogP contribution in [0.1, 0.15) is 73.6 Å². The number of aliphatic hydroxyl groups excluding tert-OH is 3. The molecule has 4 saturated carbocycles.